The maximum absolute atomic E-state index is 13.3. The zero-order valence-corrected chi connectivity index (χ0v) is 21.2. The van der Waals surface area contributed by atoms with E-state index in [4.69, 9.17) is 9.47 Å². The van der Waals surface area contributed by atoms with Crippen molar-refractivity contribution in [1.29, 1.82) is 0 Å². The Labute approximate surface area is 215 Å². The molecule has 0 saturated carbocycles. The Morgan fingerprint density at radius 2 is 1.54 bits per heavy atom. The van der Waals surface area contributed by atoms with Gasteiger partial charge in [0, 0.05) is 38.8 Å². The highest BCUT2D eigenvalue weighted by atomic mass is 32.2. The highest BCUT2D eigenvalue weighted by Crippen LogP contribution is 2.33. The number of nitrogens with zero attached hydrogens (tertiary/aromatic N) is 2. The predicted molar refractivity (Wildman–Crippen MR) is 134 cm³/mol. The third-order valence-electron chi connectivity index (χ3n) is 6.32. The van der Waals surface area contributed by atoms with Crippen LogP contribution in [0.4, 0.5) is 13.2 Å². The topological polar surface area (TPSA) is 59.1 Å². The average Bonchev–Trinajstić information content (AvgIpc) is 2.91. The van der Waals surface area contributed by atoms with Crippen molar-refractivity contribution in [2.75, 3.05) is 46.4 Å². The summed E-state index contributed by atoms with van der Waals surface area (Å²) in [4.78, 5) is 2.28. The molecule has 1 heterocycles. The summed E-state index contributed by atoms with van der Waals surface area (Å²) in [7, 11) is -2.15. The van der Waals surface area contributed by atoms with Gasteiger partial charge in [0.2, 0.25) is 10.0 Å². The van der Waals surface area contributed by atoms with Gasteiger partial charge in [0.1, 0.15) is 11.9 Å². The van der Waals surface area contributed by atoms with Crippen molar-refractivity contribution in [2.24, 2.45) is 0 Å². The van der Waals surface area contributed by atoms with Crippen LogP contribution in [-0.2, 0) is 20.9 Å². The fourth-order valence-electron chi connectivity index (χ4n) is 4.29. The van der Waals surface area contributed by atoms with E-state index in [9.17, 15) is 21.6 Å². The van der Waals surface area contributed by atoms with Crippen molar-refractivity contribution in [2.45, 2.75) is 17.2 Å². The first-order valence-electron chi connectivity index (χ1n) is 11.9. The van der Waals surface area contributed by atoms with Crippen molar-refractivity contribution in [3.63, 3.8) is 0 Å². The molecule has 1 saturated heterocycles. The lowest BCUT2D eigenvalue weighted by Crippen LogP contribution is -2.49. The molecule has 0 amide bonds. The lowest BCUT2D eigenvalue weighted by molar-refractivity contribution is -0.137. The average molecular weight is 535 g/mol. The first-order chi connectivity index (χ1) is 17.7. The highest BCUT2D eigenvalue weighted by molar-refractivity contribution is 7.89. The van der Waals surface area contributed by atoms with E-state index in [1.807, 2.05) is 30.3 Å². The summed E-state index contributed by atoms with van der Waals surface area (Å²) in [6.07, 6.45) is -5.10. The first-order valence-corrected chi connectivity index (χ1v) is 13.3. The molecule has 0 N–H and O–H groups in total. The zero-order valence-electron chi connectivity index (χ0n) is 20.4. The summed E-state index contributed by atoms with van der Waals surface area (Å²) in [5.74, 6) is 0.477. The summed E-state index contributed by atoms with van der Waals surface area (Å²) in [5, 5.41) is 0. The van der Waals surface area contributed by atoms with Crippen LogP contribution in [0, 0.1) is 0 Å². The van der Waals surface area contributed by atoms with Crippen LogP contribution in [0.5, 0.6) is 5.75 Å². The van der Waals surface area contributed by atoms with Crippen LogP contribution in [0.15, 0.2) is 83.8 Å². The van der Waals surface area contributed by atoms with Gasteiger partial charge in [-0.1, -0.05) is 48.5 Å². The van der Waals surface area contributed by atoms with Gasteiger partial charge in [0.25, 0.3) is 0 Å². The molecule has 1 fully saturated rings. The van der Waals surface area contributed by atoms with Crippen molar-refractivity contribution in [3.05, 3.63) is 95.6 Å². The van der Waals surface area contributed by atoms with Gasteiger partial charge in [-0.25, -0.2) is 8.42 Å². The molecule has 6 nitrogen and oxygen atoms in total. The molecule has 10 heteroatoms. The third-order valence-corrected chi connectivity index (χ3v) is 8.22. The quantitative estimate of drug-likeness (QED) is 0.394. The number of sulfonamides is 1. The van der Waals surface area contributed by atoms with Gasteiger partial charge in [0.15, 0.2) is 0 Å². The smallest absolute Gasteiger partial charge is 0.416 e. The van der Waals surface area contributed by atoms with E-state index in [0.717, 1.165) is 17.7 Å². The molecule has 0 bridgehead atoms. The molecule has 3 aromatic carbocycles. The molecule has 0 aliphatic carbocycles. The summed E-state index contributed by atoms with van der Waals surface area (Å²) < 4.78 is 78.6. The second-order valence-electron chi connectivity index (χ2n) is 8.71. The van der Waals surface area contributed by atoms with E-state index in [1.165, 1.54) is 23.5 Å². The molecular formula is C27H29F3N2O4S. The van der Waals surface area contributed by atoms with Crippen LogP contribution >= 0.6 is 0 Å². The van der Waals surface area contributed by atoms with Crippen LogP contribution in [0.2, 0.25) is 0 Å². The Hall–Kier alpha value is -2.92. The summed E-state index contributed by atoms with van der Waals surface area (Å²) in [6, 6.07) is 20.7. The number of alkyl halides is 3. The van der Waals surface area contributed by atoms with Crippen LogP contribution < -0.4 is 4.74 Å². The minimum Gasteiger partial charge on any atom is -0.497 e. The molecule has 1 aliphatic heterocycles. The molecule has 1 atom stereocenters. The number of rotatable bonds is 9. The van der Waals surface area contributed by atoms with E-state index in [2.05, 4.69) is 4.90 Å². The number of hydrogen-bond acceptors (Lipinski definition) is 5. The van der Waals surface area contributed by atoms with Crippen molar-refractivity contribution >= 4 is 10.0 Å². The number of halogens is 3. The van der Waals surface area contributed by atoms with E-state index < -0.39 is 27.9 Å². The summed E-state index contributed by atoms with van der Waals surface area (Å²) in [6.45, 7) is 2.50. The standard InChI is InChI=1S/C27H29F3N2O4S/c1-35-24-11-6-12-25(20-24)37(33,34)32-15-13-31(14-16-32)17-18-36-26(21-7-3-2-4-8-21)22-9-5-10-23(19-22)27(28,29)30/h2-12,19-20,26H,13-18H2,1H3/t26-/m0/s1. The van der Waals surface area contributed by atoms with Crippen molar-refractivity contribution in [3.8, 4) is 5.75 Å². The fourth-order valence-corrected chi connectivity index (χ4v) is 5.75. The maximum Gasteiger partial charge on any atom is 0.416 e. The monoisotopic (exact) mass is 534 g/mol. The van der Waals surface area contributed by atoms with E-state index in [-0.39, 0.29) is 11.5 Å². The minimum atomic E-state index is -4.44. The zero-order chi connectivity index (χ0) is 26.5. The molecule has 0 aromatic heterocycles. The molecule has 37 heavy (non-hydrogen) atoms. The third kappa shape index (κ3) is 6.70. The fraction of sp³-hybridized carbons (Fsp3) is 0.333. The largest absolute Gasteiger partial charge is 0.497 e. The Kier molecular flexibility index (Phi) is 8.53. The van der Waals surface area contributed by atoms with Gasteiger partial charge in [-0.05, 0) is 35.4 Å². The SMILES string of the molecule is COc1cccc(S(=O)(=O)N2CCN(CCO[C@@H](c3ccccc3)c3cccc(C(F)(F)F)c3)CC2)c1. The number of methoxy groups -OCH3 is 1. The predicted octanol–water partition coefficient (Wildman–Crippen LogP) is 4.83. The molecule has 0 spiro atoms. The molecule has 3 aromatic rings. The number of benzene rings is 3. The number of piperazine rings is 1. The van der Waals surface area contributed by atoms with Gasteiger partial charge >= 0.3 is 6.18 Å². The number of hydrogen-bond donors (Lipinski definition) is 0. The van der Waals surface area contributed by atoms with Gasteiger partial charge in [-0.15, -0.1) is 0 Å². The highest BCUT2D eigenvalue weighted by Gasteiger charge is 2.32. The van der Waals surface area contributed by atoms with Gasteiger partial charge in [0.05, 0.1) is 24.2 Å². The Bertz CT molecular complexity index is 1280. The van der Waals surface area contributed by atoms with Crippen LogP contribution in [-0.4, -0.2) is 64.1 Å². The van der Waals surface area contributed by atoms with Gasteiger partial charge in [-0.3, -0.25) is 4.90 Å². The molecule has 198 valence electrons. The second kappa shape index (κ2) is 11.6. The molecular weight excluding hydrogens is 505 g/mol. The molecule has 0 radical (unpaired) electrons. The normalized spacial score (nSPS) is 16.4. The van der Waals surface area contributed by atoms with Crippen molar-refractivity contribution < 1.29 is 31.1 Å². The van der Waals surface area contributed by atoms with Crippen LogP contribution in [0.1, 0.15) is 22.8 Å². The summed E-state index contributed by atoms with van der Waals surface area (Å²) in [5.41, 5.74) is 0.467. The Balaban J connectivity index is 1.37. The first kappa shape index (κ1) is 27.1. The van der Waals surface area contributed by atoms with Gasteiger partial charge in [-0.2, -0.15) is 17.5 Å². The molecule has 4 rings (SSSR count). The Morgan fingerprint density at radius 3 is 2.22 bits per heavy atom. The lowest BCUT2D eigenvalue weighted by atomic mass is 9.99. The van der Waals surface area contributed by atoms with Crippen molar-refractivity contribution in [1.82, 2.24) is 9.21 Å². The Morgan fingerprint density at radius 1 is 0.865 bits per heavy atom. The second-order valence-corrected chi connectivity index (χ2v) is 10.6. The maximum atomic E-state index is 13.3. The van der Waals surface area contributed by atoms with Crippen LogP contribution in [0.3, 0.4) is 0 Å². The summed E-state index contributed by atoms with van der Waals surface area (Å²) >= 11 is 0. The van der Waals surface area contributed by atoms with E-state index in [1.54, 1.807) is 24.3 Å². The van der Waals surface area contributed by atoms with E-state index in [0.29, 0.717) is 44.0 Å². The lowest BCUT2D eigenvalue weighted by Gasteiger charge is -2.34. The van der Waals surface area contributed by atoms with Crippen LogP contribution in [0.25, 0.3) is 0 Å². The number of ether oxygens (including phenoxy) is 2. The minimum absolute atomic E-state index is 0.190. The molecule has 1 aliphatic rings. The van der Waals surface area contributed by atoms with Gasteiger partial charge < -0.3 is 9.47 Å². The molecule has 0 unspecified atom stereocenters. The van der Waals surface area contributed by atoms with E-state index >= 15 is 0 Å².